The van der Waals surface area contributed by atoms with Crippen LogP contribution < -0.4 is 0 Å². The van der Waals surface area contributed by atoms with E-state index in [1.807, 2.05) is 0 Å². The number of hydrogen-bond donors (Lipinski definition) is 3. The Kier molecular flexibility index (Phi) is 3.71. The number of aromatic carboxylic acids is 2. The van der Waals surface area contributed by atoms with Crippen molar-refractivity contribution in [2.75, 3.05) is 0 Å². The van der Waals surface area contributed by atoms with Crippen LogP contribution in [0.2, 0.25) is 0 Å². The molecule has 0 unspecified atom stereocenters. The number of carboxylic acids is 2. The lowest BCUT2D eigenvalue weighted by Crippen LogP contribution is -2.06. The number of ketones is 1. The predicted molar refractivity (Wildman–Crippen MR) is 71.9 cm³/mol. The summed E-state index contributed by atoms with van der Waals surface area (Å²) in [6, 6.07) is 8.84. The summed E-state index contributed by atoms with van der Waals surface area (Å²) in [6.07, 6.45) is 0. The first-order valence-corrected chi connectivity index (χ1v) is 5.84. The van der Waals surface area contributed by atoms with Gasteiger partial charge in [0.1, 0.15) is 11.3 Å². The van der Waals surface area contributed by atoms with Crippen LogP contribution in [0, 0.1) is 0 Å². The number of rotatable bonds is 4. The molecule has 2 rings (SSSR count). The normalized spacial score (nSPS) is 10.1. The molecule has 106 valence electrons. The molecule has 0 saturated carbocycles. The van der Waals surface area contributed by atoms with Crippen molar-refractivity contribution in [3.8, 4) is 5.75 Å². The number of hydrogen-bond acceptors (Lipinski definition) is 4. The molecular weight excluding hydrogens is 276 g/mol. The number of carbonyl (C=O) groups excluding carboxylic acids is 1. The molecule has 0 atom stereocenters. The molecule has 0 fully saturated rings. The molecule has 6 heteroatoms. The van der Waals surface area contributed by atoms with Crippen molar-refractivity contribution in [3.63, 3.8) is 0 Å². The standard InChI is InChI=1S/C15H10O6/c16-12-5-4-9(7-11(12)15(20)21)13(17)8-2-1-3-10(6-8)14(18)19/h1-7,16H,(H,18,19)(H,20,21). The van der Waals surface area contributed by atoms with Gasteiger partial charge in [-0.15, -0.1) is 0 Å². The lowest BCUT2D eigenvalue weighted by atomic mass is 9.99. The van der Waals surface area contributed by atoms with Crippen LogP contribution in [0.25, 0.3) is 0 Å². The van der Waals surface area contributed by atoms with Gasteiger partial charge in [0.2, 0.25) is 0 Å². The molecule has 0 saturated heterocycles. The van der Waals surface area contributed by atoms with E-state index in [0.717, 1.165) is 12.1 Å². The van der Waals surface area contributed by atoms with E-state index in [1.165, 1.54) is 30.3 Å². The first-order chi connectivity index (χ1) is 9.90. The Bertz CT molecular complexity index is 748. The average Bonchev–Trinajstić information content (AvgIpc) is 2.46. The summed E-state index contributed by atoms with van der Waals surface area (Å²) < 4.78 is 0. The number of phenols is 1. The number of carboxylic acid groups (broad SMARTS) is 2. The van der Waals surface area contributed by atoms with Crippen LogP contribution in [0.3, 0.4) is 0 Å². The predicted octanol–water partition coefficient (Wildman–Crippen LogP) is 2.02. The molecule has 2 aromatic rings. The summed E-state index contributed by atoms with van der Waals surface area (Å²) >= 11 is 0. The smallest absolute Gasteiger partial charge is 0.339 e. The van der Waals surface area contributed by atoms with Gasteiger partial charge < -0.3 is 15.3 Å². The molecule has 0 aliphatic rings. The Balaban J connectivity index is 2.45. The number of aromatic hydroxyl groups is 1. The van der Waals surface area contributed by atoms with Crippen molar-refractivity contribution in [2.24, 2.45) is 0 Å². The lowest BCUT2D eigenvalue weighted by Gasteiger charge is -2.05. The molecule has 6 nitrogen and oxygen atoms in total. The lowest BCUT2D eigenvalue weighted by molar-refractivity contribution is 0.0684. The topological polar surface area (TPSA) is 112 Å². The van der Waals surface area contributed by atoms with E-state index in [9.17, 15) is 19.5 Å². The molecule has 0 spiro atoms. The molecule has 3 N–H and O–H groups in total. The largest absolute Gasteiger partial charge is 0.507 e. The maximum Gasteiger partial charge on any atom is 0.339 e. The highest BCUT2D eigenvalue weighted by atomic mass is 16.4. The van der Waals surface area contributed by atoms with Crippen molar-refractivity contribution in [1.29, 1.82) is 0 Å². The van der Waals surface area contributed by atoms with Gasteiger partial charge in [-0.1, -0.05) is 12.1 Å². The van der Waals surface area contributed by atoms with E-state index >= 15 is 0 Å². The van der Waals surface area contributed by atoms with E-state index in [1.54, 1.807) is 0 Å². The molecule has 0 aliphatic carbocycles. The second-order valence-corrected chi connectivity index (χ2v) is 4.25. The minimum absolute atomic E-state index is 0.0434. The molecule has 0 bridgehead atoms. The summed E-state index contributed by atoms with van der Waals surface area (Å²) in [5.41, 5.74) is -0.266. The van der Waals surface area contributed by atoms with Gasteiger partial charge in [0.15, 0.2) is 5.78 Å². The Hall–Kier alpha value is -3.15. The maximum absolute atomic E-state index is 12.2. The summed E-state index contributed by atoms with van der Waals surface area (Å²) in [5, 5.41) is 27.2. The molecule has 0 radical (unpaired) electrons. The fourth-order valence-electron chi connectivity index (χ4n) is 1.81. The molecule has 0 heterocycles. The first kappa shape index (κ1) is 14.3. The van der Waals surface area contributed by atoms with Crippen LogP contribution in [-0.4, -0.2) is 33.0 Å². The van der Waals surface area contributed by atoms with E-state index in [-0.39, 0.29) is 16.7 Å². The van der Waals surface area contributed by atoms with Gasteiger partial charge >= 0.3 is 11.9 Å². The van der Waals surface area contributed by atoms with E-state index < -0.39 is 29.0 Å². The second-order valence-electron chi connectivity index (χ2n) is 4.25. The molecule has 0 aromatic heterocycles. The third-order valence-electron chi connectivity index (χ3n) is 2.86. The minimum atomic E-state index is -1.36. The highest BCUT2D eigenvalue weighted by Gasteiger charge is 2.16. The van der Waals surface area contributed by atoms with Crippen LogP contribution in [0.4, 0.5) is 0 Å². The summed E-state index contributed by atoms with van der Waals surface area (Å²) in [5.74, 6) is -3.50. The molecule has 0 aliphatic heterocycles. The zero-order valence-corrected chi connectivity index (χ0v) is 10.6. The van der Waals surface area contributed by atoms with Gasteiger partial charge in [-0.05, 0) is 30.3 Å². The van der Waals surface area contributed by atoms with E-state index in [2.05, 4.69) is 0 Å². The van der Waals surface area contributed by atoms with Crippen LogP contribution in [0.15, 0.2) is 42.5 Å². The number of benzene rings is 2. The zero-order valence-electron chi connectivity index (χ0n) is 10.6. The highest BCUT2D eigenvalue weighted by molar-refractivity contribution is 6.11. The van der Waals surface area contributed by atoms with Crippen molar-refractivity contribution < 1.29 is 29.7 Å². The van der Waals surface area contributed by atoms with Gasteiger partial charge in [-0.25, -0.2) is 9.59 Å². The monoisotopic (exact) mass is 286 g/mol. The minimum Gasteiger partial charge on any atom is -0.507 e. The molecular formula is C15H10O6. The van der Waals surface area contributed by atoms with E-state index in [4.69, 9.17) is 10.2 Å². The van der Waals surface area contributed by atoms with Crippen molar-refractivity contribution in [2.45, 2.75) is 0 Å². The van der Waals surface area contributed by atoms with Gasteiger partial charge in [-0.3, -0.25) is 4.79 Å². The third kappa shape index (κ3) is 2.89. The fraction of sp³-hybridized carbons (Fsp3) is 0. The van der Waals surface area contributed by atoms with Crippen LogP contribution in [-0.2, 0) is 0 Å². The van der Waals surface area contributed by atoms with Gasteiger partial charge in [0.05, 0.1) is 5.56 Å². The average molecular weight is 286 g/mol. The van der Waals surface area contributed by atoms with Crippen LogP contribution in [0.5, 0.6) is 5.75 Å². The van der Waals surface area contributed by atoms with E-state index in [0.29, 0.717) is 0 Å². The zero-order chi connectivity index (χ0) is 15.6. The Morgan fingerprint density at radius 2 is 1.38 bits per heavy atom. The molecule has 2 aromatic carbocycles. The number of carbonyl (C=O) groups is 3. The summed E-state index contributed by atoms with van der Waals surface area (Å²) in [6.45, 7) is 0. The SMILES string of the molecule is O=C(O)c1cccc(C(=O)c2ccc(O)c(C(=O)O)c2)c1. The van der Waals surface area contributed by atoms with Crippen molar-refractivity contribution in [1.82, 2.24) is 0 Å². The van der Waals surface area contributed by atoms with Gasteiger partial charge in [-0.2, -0.15) is 0 Å². The summed E-state index contributed by atoms with van der Waals surface area (Å²) in [4.78, 5) is 34.0. The Labute approximate surface area is 118 Å². The van der Waals surface area contributed by atoms with Crippen molar-refractivity contribution >= 4 is 17.7 Å². The van der Waals surface area contributed by atoms with Gasteiger partial charge in [0.25, 0.3) is 0 Å². The highest BCUT2D eigenvalue weighted by Crippen LogP contribution is 2.21. The maximum atomic E-state index is 12.2. The van der Waals surface area contributed by atoms with Gasteiger partial charge in [0, 0.05) is 11.1 Å². The Morgan fingerprint density at radius 1 is 0.762 bits per heavy atom. The second kappa shape index (κ2) is 5.46. The van der Waals surface area contributed by atoms with Crippen molar-refractivity contribution in [3.05, 3.63) is 64.7 Å². The fourth-order valence-corrected chi connectivity index (χ4v) is 1.81. The molecule has 21 heavy (non-hydrogen) atoms. The van der Waals surface area contributed by atoms with Crippen LogP contribution in [0.1, 0.15) is 36.6 Å². The molecule has 0 amide bonds. The first-order valence-electron chi connectivity index (χ1n) is 5.84. The van der Waals surface area contributed by atoms with Crippen LogP contribution >= 0.6 is 0 Å². The third-order valence-corrected chi connectivity index (χ3v) is 2.86. The Morgan fingerprint density at radius 3 is 2.00 bits per heavy atom. The quantitative estimate of drug-likeness (QED) is 0.741. The summed E-state index contributed by atoms with van der Waals surface area (Å²) in [7, 11) is 0.